The van der Waals surface area contributed by atoms with Gasteiger partial charge in [-0.15, -0.1) is 0 Å². The van der Waals surface area contributed by atoms with Gasteiger partial charge in [-0.25, -0.2) is 4.79 Å². The summed E-state index contributed by atoms with van der Waals surface area (Å²) in [5.41, 5.74) is 7.64. The zero-order chi connectivity index (χ0) is 13.0. The maximum atomic E-state index is 12.2. The lowest BCUT2D eigenvalue weighted by Gasteiger charge is -2.35. The Morgan fingerprint density at radius 1 is 1.61 bits per heavy atom. The molecule has 1 unspecified atom stereocenters. The van der Waals surface area contributed by atoms with Gasteiger partial charge in [-0.3, -0.25) is 0 Å². The molecule has 2 amide bonds. The fourth-order valence-corrected chi connectivity index (χ4v) is 2.16. The Morgan fingerprint density at radius 3 is 3.17 bits per heavy atom. The van der Waals surface area contributed by atoms with Gasteiger partial charge in [0.25, 0.3) is 0 Å². The van der Waals surface area contributed by atoms with E-state index in [1.165, 1.54) is 0 Å². The van der Waals surface area contributed by atoms with Crippen LogP contribution in [0.25, 0.3) is 0 Å². The van der Waals surface area contributed by atoms with Crippen molar-refractivity contribution in [3.8, 4) is 0 Å². The van der Waals surface area contributed by atoms with Crippen LogP contribution in [0.2, 0.25) is 0 Å². The highest BCUT2D eigenvalue weighted by Gasteiger charge is 2.25. The molecule has 1 fully saturated rings. The number of anilines is 1. The number of hydrogen-bond donors (Lipinski definition) is 3. The number of rotatable bonds is 2. The summed E-state index contributed by atoms with van der Waals surface area (Å²) in [4.78, 5) is 14.0. The van der Waals surface area contributed by atoms with Crippen LogP contribution in [0.4, 0.5) is 10.5 Å². The Morgan fingerprint density at radius 2 is 2.44 bits per heavy atom. The van der Waals surface area contributed by atoms with E-state index in [0.717, 1.165) is 24.3 Å². The lowest BCUT2D eigenvalue weighted by atomic mass is 10.2. The number of hydrogen-bond acceptors (Lipinski definition) is 3. The molecule has 5 heteroatoms. The monoisotopic (exact) mass is 248 g/mol. The summed E-state index contributed by atoms with van der Waals surface area (Å²) in [7, 11) is 0. The van der Waals surface area contributed by atoms with Crippen LogP contribution in [0, 0.1) is 6.92 Å². The van der Waals surface area contributed by atoms with Gasteiger partial charge < -0.3 is 21.3 Å². The minimum absolute atomic E-state index is 0.0717. The fraction of sp³-hybridized carbons (Fsp3) is 0.462. The average Bonchev–Trinajstić information content (AvgIpc) is 2.38. The third-order valence-corrected chi connectivity index (χ3v) is 3.15. The molecule has 1 aliphatic heterocycles. The van der Waals surface area contributed by atoms with Crippen LogP contribution < -0.4 is 16.4 Å². The van der Waals surface area contributed by atoms with Gasteiger partial charge >= 0.3 is 6.03 Å². The molecule has 1 saturated heterocycles. The molecule has 1 aromatic rings. The minimum atomic E-state index is -0.0717. The van der Waals surface area contributed by atoms with Gasteiger partial charge in [0.1, 0.15) is 0 Å². The largest absolute Gasteiger partial charge is 0.328 e. The molecule has 98 valence electrons. The van der Waals surface area contributed by atoms with Gasteiger partial charge in [-0.2, -0.15) is 0 Å². The van der Waals surface area contributed by atoms with Crippen LogP contribution in [0.5, 0.6) is 0 Å². The molecule has 1 atom stereocenters. The molecule has 0 radical (unpaired) electrons. The first kappa shape index (κ1) is 12.9. The van der Waals surface area contributed by atoms with E-state index >= 15 is 0 Å². The number of aryl methyl sites for hydroxylation is 1. The number of benzene rings is 1. The van der Waals surface area contributed by atoms with E-state index < -0.39 is 0 Å². The maximum Gasteiger partial charge on any atom is 0.322 e. The van der Waals surface area contributed by atoms with Crippen LogP contribution in [-0.4, -0.2) is 43.2 Å². The van der Waals surface area contributed by atoms with Crippen molar-refractivity contribution in [2.24, 2.45) is 5.73 Å². The third-order valence-electron chi connectivity index (χ3n) is 3.15. The average molecular weight is 248 g/mol. The van der Waals surface area contributed by atoms with E-state index in [-0.39, 0.29) is 12.1 Å². The molecule has 5 nitrogen and oxygen atoms in total. The maximum absolute atomic E-state index is 12.2. The topological polar surface area (TPSA) is 70.4 Å². The van der Waals surface area contributed by atoms with Crippen molar-refractivity contribution in [2.75, 3.05) is 31.5 Å². The summed E-state index contributed by atoms with van der Waals surface area (Å²) in [6.07, 6.45) is 0. The molecule has 0 bridgehead atoms. The molecule has 0 saturated carbocycles. The summed E-state index contributed by atoms with van der Waals surface area (Å²) in [6.45, 7) is 4.76. The molecular formula is C13H20N4O. The second-order valence-corrected chi connectivity index (χ2v) is 4.59. The van der Waals surface area contributed by atoms with Crippen LogP contribution in [-0.2, 0) is 0 Å². The molecule has 0 spiro atoms. The lowest BCUT2D eigenvalue weighted by molar-refractivity contribution is 0.173. The summed E-state index contributed by atoms with van der Waals surface area (Å²) in [5, 5.41) is 6.16. The molecule has 4 N–H and O–H groups in total. The predicted octanol–water partition coefficient (Wildman–Crippen LogP) is 0.759. The van der Waals surface area contributed by atoms with E-state index in [2.05, 4.69) is 10.6 Å². The smallest absolute Gasteiger partial charge is 0.322 e. The number of nitrogens with zero attached hydrogens (tertiary/aromatic N) is 1. The number of nitrogens with one attached hydrogen (secondary N) is 2. The zero-order valence-electron chi connectivity index (χ0n) is 10.6. The van der Waals surface area contributed by atoms with Gasteiger partial charge in [-0.05, 0) is 24.6 Å². The highest BCUT2D eigenvalue weighted by molar-refractivity contribution is 5.89. The summed E-state index contributed by atoms with van der Waals surface area (Å²) >= 11 is 0. The SMILES string of the molecule is Cc1cccc(NC(=O)N2CCNCC2CN)c1. The predicted molar refractivity (Wildman–Crippen MR) is 72.6 cm³/mol. The normalized spacial score (nSPS) is 19.7. The molecular weight excluding hydrogens is 228 g/mol. The van der Waals surface area contributed by atoms with Crippen LogP contribution in [0.1, 0.15) is 5.56 Å². The number of urea groups is 1. The second kappa shape index (κ2) is 5.84. The standard InChI is InChI=1S/C13H20N4O/c1-10-3-2-4-11(7-10)16-13(18)17-6-5-15-9-12(17)8-14/h2-4,7,12,15H,5-6,8-9,14H2,1H3,(H,16,18). The number of carbonyl (C=O) groups is 1. The number of piperazine rings is 1. The first-order chi connectivity index (χ1) is 8.70. The molecule has 1 aliphatic rings. The summed E-state index contributed by atoms with van der Waals surface area (Å²) in [5.74, 6) is 0. The van der Waals surface area contributed by atoms with Crippen molar-refractivity contribution < 1.29 is 4.79 Å². The van der Waals surface area contributed by atoms with E-state index in [4.69, 9.17) is 5.73 Å². The van der Waals surface area contributed by atoms with Crippen molar-refractivity contribution in [3.63, 3.8) is 0 Å². The van der Waals surface area contributed by atoms with Crippen molar-refractivity contribution in [1.82, 2.24) is 10.2 Å². The molecule has 1 heterocycles. The first-order valence-corrected chi connectivity index (χ1v) is 6.26. The van der Waals surface area contributed by atoms with Gasteiger partial charge in [-0.1, -0.05) is 12.1 Å². The third kappa shape index (κ3) is 3.00. The lowest BCUT2D eigenvalue weighted by Crippen LogP contribution is -2.57. The van der Waals surface area contributed by atoms with Gasteiger partial charge in [0.2, 0.25) is 0 Å². The van der Waals surface area contributed by atoms with Crippen molar-refractivity contribution in [1.29, 1.82) is 0 Å². The van der Waals surface area contributed by atoms with Crippen LogP contribution in [0.15, 0.2) is 24.3 Å². The molecule has 2 rings (SSSR count). The van der Waals surface area contributed by atoms with Gasteiger partial charge in [0, 0.05) is 31.9 Å². The van der Waals surface area contributed by atoms with Crippen molar-refractivity contribution in [2.45, 2.75) is 13.0 Å². The number of amides is 2. The van der Waals surface area contributed by atoms with Crippen LogP contribution in [0.3, 0.4) is 0 Å². The highest BCUT2D eigenvalue weighted by atomic mass is 16.2. The van der Waals surface area contributed by atoms with Crippen LogP contribution >= 0.6 is 0 Å². The Kier molecular flexibility index (Phi) is 4.17. The number of carbonyl (C=O) groups excluding carboxylic acids is 1. The van der Waals surface area contributed by atoms with E-state index in [1.807, 2.05) is 31.2 Å². The van der Waals surface area contributed by atoms with E-state index in [1.54, 1.807) is 4.90 Å². The van der Waals surface area contributed by atoms with Gasteiger partial charge in [0.05, 0.1) is 6.04 Å². The molecule has 18 heavy (non-hydrogen) atoms. The number of nitrogens with two attached hydrogens (primary N) is 1. The van der Waals surface area contributed by atoms with Crippen molar-refractivity contribution >= 4 is 11.7 Å². The Labute approximate surface area is 107 Å². The van der Waals surface area contributed by atoms with E-state index in [9.17, 15) is 4.79 Å². The Bertz CT molecular complexity index is 421. The van der Waals surface area contributed by atoms with E-state index in [0.29, 0.717) is 13.1 Å². The minimum Gasteiger partial charge on any atom is -0.328 e. The molecule has 0 aromatic heterocycles. The summed E-state index contributed by atoms with van der Waals surface area (Å²) in [6, 6.07) is 7.79. The first-order valence-electron chi connectivity index (χ1n) is 6.26. The summed E-state index contributed by atoms with van der Waals surface area (Å²) < 4.78 is 0. The quantitative estimate of drug-likeness (QED) is 0.723. The van der Waals surface area contributed by atoms with Crippen molar-refractivity contribution in [3.05, 3.63) is 29.8 Å². The molecule has 0 aliphatic carbocycles. The van der Waals surface area contributed by atoms with Gasteiger partial charge in [0.15, 0.2) is 0 Å². The molecule has 1 aromatic carbocycles. The second-order valence-electron chi connectivity index (χ2n) is 4.59. The Balaban J connectivity index is 2.02. The highest BCUT2D eigenvalue weighted by Crippen LogP contribution is 2.12. The fourth-order valence-electron chi connectivity index (χ4n) is 2.16. The Hall–Kier alpha value is -1.59. The zero-order valence-corrected chi connectivity index (χ0v) is 10.6.